The molecule has 1 aromatic carbocycles. The molecule has 1 aromatic rings. The molecular formula is C16H24N2O4S. The van der Waals surface area contributed by atoms with Crippen LogP contribution in [0.25, 0.3) is 0 Å². The SMILES string of the molecule is COc1ccccc1S(=O)(=O)NCCCN1CCCCCC1=O. The van der Waals surface area contributed by atoms with E-state index >= 15 is 0 Å². The number of rotatable bonds is 7. The summed E-state index contributed by atoms with van der Waals surface area (Å²) in [6.45, 7) is 1.66. The number of benzene rings is 1. The van der Waals surface area contributed by atoms with Gasteiger partial charge in [0, 0.05) is 26.1 Å². The van der Waals surface area contributed by atoms with Crippen LogP contribution in [-0.4, -0.2) is 46.0 Å². The number of hydrogen-bond donors (Lipinski definition) is 1. The Bertz CT molecular complexity index is 631. The van der Waals surface area contributed by atoms with Gasteiger partial charge in [-0.3, -0.25) is 4.79 Å². The van der Waals surface area contributed by atoms with Gasteiger partial charge in [0.15, 0.2) is 0 Å². The summed E-state index contributed by atoms with van der Waals surface area (Å²) >= 11 is 0. The van der Waals surface area contributed by atoms with Crippen LogP contribution in [0, 0.1) is 0 Å². The van der Waals surface area contributed by atoms with Gasteiger partial charge in [0.25, 0.3) is 0 Å². The van der Waals surface area contributed by atoms with Crippen molar-refractivity contribution in [3.8, 4) is 5.75 Å². The second-order valence-electron chi connectivity index (χ2n) is 5.59. The van der Waals surface area contributed by atoms with Crippen LogP contribution in [0.1, 0.15) is 32.1 Å². The van der Waals surface area contributed by atoms with E-state index in [0.29, 0.717) is 31.7 Å². The molecule has 1 heterocycles. The van der Waals surface area contributed by atoms with Crippen LogP contribution in [0.2, 0.25) is 0 Å². The summed E-state index contributed by atoms with van der Waals surface area (Å²) in [7, 11) is -2.16. The van der Waals surface area contributed by atoms with Crippen molar-refractivity contribution in [2.75, 3.05) is 26.7 Å². The van der Waals surface area contributed by atoms with Gasteiger partial charge in [-0.2, -0.15) is 0 Å². The first-order valence-electron chi connectivity index (χ1n) is 7.95. The molecule has 0 saturated carbocycles. The van der Waals surface area contributed by atoms with E-state index in [1.54, 1.807) is 18.2 Å². The number of methoxy groups -OCH3 is 1. The zero-order valence-corrected chi connectivity index (χ0v) is 14.3. The number of nitrogens with one attached hydrogen (secondary N) is 1. The fourth-order valence-corrected chi connectivity index (χ4v) is 3.91. The van der Waals surface area contributed by atoms with Crippen molar-refractivity contribution in [3.63, 3.8) is 0 Å². The van der Waals surface area contributed by atoms with E-state index in [2.05, 4.69) is 4.72 Å². The monoisotopic (exact) mass is 340 g/mol. The third-order valence-electron chi connectivity index (χ3n) is 3.93. The molecule has 1 amide bonds. The number of amides is 1. The molecule has 0 bridgehead atoms. The molecule has 0 atom stereocenters. The van der Waals surface area contributed by atoms with E-state index in [4.69, 9.17) is 4.74 Å². The standard InChI is InChI=1S/C16H24N2O4S/c1-22-14-8-4-5-9-15(14)23(20,21)17-11-7-13-18-12-6-2-3-10-16(18)19/h4-5,8-9,17H,2-3,6-7,10-13H2,1H3. The van der Waals surface area contributed by atoms with Gasteiger partial charge in [-0.25, -0.2) is 13.1 Å². The predicted octanol–water partition coefficient (Wildman–Crippen LogP) is 1.77. The van der Waals surface area contributed by atoms with Gasteiger partial charge in [0.2, 0.25) is 15.9 Å². The Kier molecular flexibility index (Phi) is 6.41. The molecule has 128 valence electrons. The van der Waals surface area contributed by atoms with Gasteiger partial charge < -0.3 is 9.64 Å². The molecule has 0 aliphatic carbocycles. The lowest BCUT2D eigenvalue weighted by Gasteiger charge is -2.20. The number of likely N-dealkylation sites (tertiary alicyclic amines) is 1. The summed E-state index contributed by atoms with van der Waals surface area (Å²) in [5, 5.41) is 0. The van der Waals surface area contributed by atoms with Crippen molar-refractivity contribution >= 4 is 15.9 Å². The largest absolute Gasteiger partial charge is 0.495 e. The van der Waals surface area contributed by atoms with Crippen LogP contribution in [0.5, 0.6) is 5.75 Å². The van der Waals surface area contributed by atoms with Crippen molar-refractivity contribution in [2.24, 2.45) is 0 Å². The minimum absolute atomic E-state index is 0.133. The van der Waals surface area contributed by atoms with Crippen molar-refractivity contribution < 1.29 is 17.9 Å². The number of para-hydroxylation sites is 1. The second-order valence-corrected chi connectivity index (χ2v) is 7.33. The van der Waals surface area contributed by atoms with Crippen molar-refractivity contribution in [3.05, 3.63) is 24.3 Å². The lowest BCUT2D eigenvalue weighted by Crippen LogP contribution is -2.34. The summed E-state index contributed by atoms with van der Waals surface area (Å²) in [4.78, 5) is 13.9. The van der Waals surface area contributed by atoms with Gasteiger partial charge >= 0.3 is 0 Å². The number of nitrogens with zero attached hydrogens (tertiary/aromatic N) is 1. The number of ether oxygens (including phenoxy) is 1. The van der Waals surface area contributed by atoms with Crippen molar-refractivity contribution in [2.45, 2.75) is 37.0 Å². The Morgan fingerprint density at radius 3 is 2.78 bits per heavy atom. The molecule has 23 heavy (non-hydrogen) atoms. The zero-order chi connectivity index (χ0) is 16.7. The number of hydrogen-bond acceptors (Lipinski definition) is 4. The summed E-state index contributed by atoms with van der Waals surface area (Å²) < 4.78 is 32.3. The van der Waals surface area contributed by atoms with E-state index in [1.807, 2.05) is 4.90 Å². The smallest absolute Gasteiger partial charge is 0.244 e. The molecule has 0 radical (unpaired) electrons. The van der Waals surface area contributed by atoms with E-state index in [0.717, 1.165) is 25.8 Å². The summed E-state index contributed by atoms with van der Waals surface area (Å²) in [6, 6.07) is 6.51. The zero-order valence-electron chi connectivity index (χ0n) is 13.5. The first-order valence-corrected chi connectivity index (χ1v) is 9.43. The predicted molar refractivity (Wildman–Crippen MR) is 87.8 cm³/mol. The molecule has 0 aromatic heterocycles. The maximum absolute atomic E-state index is 12.3. The van der Waals surface area contributed by atoms with Gasteiger partial charge in [0.05, 0.1) is 7.11 Å². The molecule has 2 rings (SSSR count). The summed E-state index contributed by atoms with van der Waals surface area (Å²) in [5.74, 6) is 0.498. The van der Waals surface area contributed by atoms with E-state index in [-0.39, 0.29) is 10.8 Å². The van der Waals surface area contributed by atoms with E-state index in [1.165, 1.54) is 13.2 Å². The summed E-state index contributed by atoms with van der Waals surface area (Å²) in [6.07, 6.45) is 4.27. The highest BCUT2D eigenvalue weighted by Crippen LogP contribution is 2.22. The molecule has 1 aliphatic rings. The molecule has 7 heteroatoms. The van der Waals surface area contributed by atoms with Crippen LogP contribution in [-0.2, 0) is 14.8 Å². The van der Waals surface area contributed by atoms with Gasteiger partial charge in [0.1, 0.15) is 10.6 Å². The molecule has 1 saturated heterocycles. The molecular weight excluding hydrogens is 316 g/mol. The average molecular weight is 340 g/mol. The Morgan fingerprint density at radius 2 is 2.00 bits per heavy atom. The highest BCUT2D eigenvalue weighted by atomic mass is 32.2. The van der Waals surface area contributed by atoms with Crippen LogP contribution < -0.4 is 9.46 Å². The molecule has 1 aliphatic heterocycles. The van der Waals surface area contributed by atoms with Gasteiger partial charge in [-0.1, -0.05) is 18.6 Å². The van der Waals surface area contributed by atoms with Crippen molar-refractivity contribution in [1.82, 2.24) is 9.62 Å². The maximum atomic E-state index is 12.3. The quantitative estimate of drug-likeness (QED) is 0.768. The molecule has 0 spiro atoms. The highest BCUT2D eigenvalue weighted by molar-refractivity contribution is 7.89. The number of sulfonamides is 1. The van der Waals surface area contributed by atoms with Crippen LogP contribution >= 0.6 is 0 Å². The lowest BCUT2D eigenvalue weighted by molar-refractivity contribution is -0.130. The fourth-order valence-electron chi connectivity index (χ4n) is 2.67. The van der Waals surface area contributed by atoms with Crippen LogP contribution in [0.15, 0.2) is 29.2 Å². The fraction of sp³-hybridized carbons (Fsp3) is 0.562. The molecule has 1 N–H and O–H groups in total. The van der Waals surface area contributed by atoms with Crippen LogP contribution in [0.4, 0.5) is 0 Å². The number of carbonyl (C=O) groups is 1. The van der Waals surface area contributed by atoms with Crippen molar-refractivity contribution in [1.29, 1.82) is 0 Å². The summed E-state index contributed by atoms with van der Waals surface area (Å²) in [5.41, 5.74) is 0. The molecule has 0 unspecified atom stereocenters. The molecule has 1 fully saturated rings. The first-order chi connectivity index (χ1) is 11.0. The Hall–Kier alpha value is -1.60. The second kappa shape index (κ2) is 8.31. The average Bonchev–Trinajstić information content (AvgIpc) is 2.76. The number of carbonyl (C=O) groups excluding carboxylic acids is 1. The molecule has 6 nitrogen and oxygen atoms in total. The van der Waals surface area contributed by atoms with Crippen LogP contribution in [0.3, 0.4) is 0 Å². The minimum atomic E-state index is -3.61. The minimum Gasteiger partial charge on any atom is -0.495 e. The Balaban J connectivity index is 1.86. The highest BCUT2D eigenvalue weighted by Gasteiger charge is 2.19. The van der Waals surface area contributed by atoms with Gasteiger partial charge in [-0.15, -0.1) is 0 Å². The van der Waals surface area contributed by atoms with E-state index in [9.17, 15) is 13.2 Å². The lowest BCUT2D eigenvalue weighted by atomic mass is 10.2. The van der Waals surface area contributed by atoms with Gasteiger partial charge in [-0.05, 0) is 31.4 Å². The normalized spacial score (nSPS) is 16.2. The third kappa shape index (κ3) is 4.94. The first kappa shape index (κ1) is 17.7. The topological polar surface area (TPSA) is 75.7 Å². The maximum Gasteiger partial charge on any atom is 0.244 e. The van der Waals surface area contributed by atoms with E-state index < -0.39 is 10.0 Å². The third-order valence-corrected chi connectivity index (χ3v) is 5.43. The Labute approximate surface area is 137 Å². The Morgan fingerprint density at radius 1 is 1.22 bits per heavy atom.